The Bertz CT molecular complexity index is 380. The first kappa shape index (κ1) is 15.4. The lowest BCUT2D eigenvalue weighted by Gasteiger charge is -2.39. The van der Waals surface area contributed by atoms with E-state index in [1.807, 2.05) is 0 Å². The Morgan fingerprint density at radius 3 is 2.55 bits per heavy atom. The molecule has 2 nitrogen and oxygen atoms in total. The Kier molecular flexibility index (Phi) is 5.47. The third-order valence-corrected chi connectivity index (χ3v) is 4.91. The van der Waals surface area contributed by atoms with E-state index in [-0.39, 0.29) is 0 Å². The predicted molar refractivity (Wildman–Crippen MR) is 88.3 cm³/mol. The molecule has 0 aliphatic carbocycles. The van der Waals surface area contributed by atoms with Crippen LogP contribution in [0, 0.1) is 11.3 Å². The Labute approximate surface area is 124 Å². The fraction of sp³-hybridized carbons (Fsp3) is 0.667. The average molecular weight is 274 g/mol. The van der Waals surface area contributed by atoms with Crippen molar-refractivity contribution >= 4 is 5.69 Å². The molecule has 112 valence electrons. The standard InChI is InChI=1S/C18H30N2/c1-4-5-13-20(17-9-7-6-8-10-17)15-18(16(2)3)11-12-19-14-18/h6-10,16,19H,4-5,11-15H2,1-3H3. The zero-order chi connectivity index (χ0) is 14.4. The van der Waals surface area contributed by atoms with Crippen molar-refractivity contribution in [3.8, 4) is 0 Å². The molecule has 0 radical (unpaired) electrons. The van der Waals surface area contributed by atoms with Gasteiger partial charge in [0, 0.05) is 30.7 Å². The minimum absolute atomic E-state index is 0.434. The van der Waals surface area contributed by atoms with Crippen molar-refractivity contribution in [2.45, 2.75) is 40.0 Å². The van der Waals surface area contributed by atoms with Gasteiger partial charge in [0.25, 0.3) is 0 Å². The molecule has 1 atom stereocenters. The highest BCUT2D eigenvalue weighted by Crippen LogP contribution is 2.36. The van der Waals surface area contributed by atoms with Crippen molar-refractivity contribution in [3.05, 3.63) is 30.3 Å². The maximum atomic E-state index is 3.58. The third-order valence-electron chi connectivity index (χ3n) is 4.91. The van der Waals surface area contributed by atoms with Crippen molar-refractivity contribution in [2.75, 3.05) is 31.1 Å². The van der Waals surface area contributed by atoms with Gasteiger partial charge in [-0.25, -0.2) is 0 Å². The molecule has 1 aromatic carbocycles. The molecule has 0 bridgehead atoms. The fourth-order valence-electron chi connectivity index (χ4n) is 3.24. The van der Waals surface area contributed by atoms with E-state index in [9.17, 15) is 0 Å². The van der Waals surface area contributed by atoms with Crippen molar-refractivity contribution in [1.29, 1.82) is 0 Å². The van der Waals surface area contributed by atoms with Gasteiger partial charge in [-0.05, 0) is 37.4 Å². The maximum Gasteiger partial charge on any atom is 0.0366 e. The number of anilines is 1. The molecule has 1 aliphatic rings. The van der Waals surface area contributed by atoms with E-state index in [2.05, 4.69) is 61.3 Å². The summed E-state index contributed by atoms with van der Waals surface area (Å²) >= 11 is 0. The van der Waals surface area contributed by atoms with Crippen LogP contribution in [0.5, 0.6) is 0 Å². The summed E-state index contributed by atoms with van der Waals surface area (Å²) in [7, 11) is 0. The lowest BCUT2D eigenvalue weighted by molar-refractivity contribution is 0.222. The summed E-state index contributed by atoms with van der Waals surface area (Å²) in [6, 6.07) is 10.9. The molecular weight excluding hydrogens is 244 g/mol. The second-order valence-corrected chi connectivity index (χ2v) is 6.55. The zero-order valence-corrected chi connectivity index (χ0v) is 13.4. The smallest absolute Gasteiger partial charge is 0.0366 e. The van der Waals surface area contributed by atoms with Gasteiger partial charge in [-0.2, -0.15) is 0 Å². The van der Waals surface area contributed by atoms with Gasteiger partial charge in [-0.3, -0.25) is 0 Å². The van der Waals surface area contributed by atoms with Crippen LogP contribution in [-0.4, -0.2) is 26.2 Å². The van der Waals surface area contributed by atoms with Crippen LogP contribution in [0.3, 0.4) is 0 Å². The number of nitrogens with zero attached hydrogens (tertiary/aromatic N) is 1. The summed E-state index contributed by atoms with van der Waals surface area (Å²) in [6.45, 7) is 11.7. The SMILES string of the molecule is CCCCN(CC1(C(C)C)CCNC1)c1ccccc1. The molecule has 2 rings (SSSR count). The zero-order valence-electron chi connectivity index (χ0n) is 13.4. The van der Waals surface area contributed by atoms with Crippen LogP contribution in [0.4, 0.5) is 5.69 Å². The molecule has 1 saturated heterocycles. The number of hydrogen-bond donors (Lipinski definition) is 1. The number of unbranched alkanes of at least 4 members (excludes halogenated alkanes) is 1. The second-order valence-electron chi connectivity index (χ2n) is 6.55. The molecular formula is C18H30N2. The molecule has 20 heavy (non-hydrogen) atoms. The van der Waals surface area contributed by atoms with Gasteiger partial charge in [0.05, 0.1) is 0 Å². The van der Waals surface area contributed by atoms with E-state index in [1.165, 1.54) is 51.1 Å². The number of rotatable bonds is 7. The Morgan fingerprint density at radius 2 is 2.00 bits per heavy atom. The summed E-state index contributed by atoms with van der Waals surface area (Å²) < 4.78 is 0. The lowest BCUT2D eigenvalue weighted by Crippen LogP contribution is -2.43. The van der Waals surface area contributed by atoms with E-state index in [4.69, 9.17) is 0 Å². The highest BCUT2D eigenvalue weighted by molar-refractivity contribution is 5.46. The second kappa shape index (κ2) is 7.12. The van der Waals surface area contributed by atoms with Crippen molar-refractivity contribution in [2.24, 2.45) is 11.3 Å². The number of hydrogen-bond acceptors (Lipinski definition) is 2. The first-order valence-corrected chi connectivity index (χ1v) is 8.18. The minimum atomic E-state index is 0.434. The largest absolute Gasteiger partial charge is 0.371 e. The normalized spacial score (nSPS) is 22.4. The third kappa shape index (κ3) is 3.54. The van der Waals surface area contributed by atoms with Crippen LogP contribution in [0.25, 0.3) is 0 Å². The highest BCUT2D eigenvalue weighted by Gasteiger charge is 2.38. The topological polar surface area (TPSA) is 15.3 Å². The fourth-order valence-corrected chi connectivity index (χ4v) is 3.24. The Balaban J connectivity index is 2.14. The van der Waals surface area contributed by atoms with Crippen LogP contribution in [0.1, 0.15) is 40.0 Å². The monoisotopic (exact) mass is 274 g/mol. The summed E-state index contributed by atoms with van der Waals surface area (Å²) in [5.74, 6) is 0.727. The Morgan fingerprint density at radius 1 is 1.25 bits per heavy atom. The van der Waals surface area contributed by atoms with Crippen molar-refractivity contribution in [3.63, 3.8) is 0 Å². The van der Waals surface area contributed by atoms with Crippen molar-refractivity contribution < 1.29 is 0 Å². The van der Waals surface area contributed by atoms with E-state index < -0.39 is 0 Å². The first-order chi connectivity index (χ1) is 9.68. The van der Waals surface area contributed by atoms with Gasteiger partial charge in [-0.1, -0.05) is 45.4 Å². The lowest BCUT2D eigenvalue weighted by atomic mass is 9.76. The maximum absolute atomic E-state index is 3.58. The van der Waals surface area contributed by atoms with Gasteiger partial charge in [0.2, 0.25) is 0 Å². The van der Waals surface area contributed by atoms with E-state index in [1.54, 1.807) is 0 Å². The van der Waals surface area contributed by atoms with E-state index in [0.29, 0.717) is 5.41 Å². The number of benzene rings is 1. The van der Waals surface area contributed by atoms with E-state index in [0.717, 1.165) is 5.92 Å². The van der Waals surface area contributed by atoms with Crippen LogP contribution in [-0.2, 0) is 0 Å². The molecule has 0 spiro atoms. The molecule has 1 aromatic rings. The summed E-state index contributed by atoms with van der Waals surface area (Å²) in [4.78, 5) is 2.61. The highest BCUT2D eigenvalue weighted by atomic mass is 15.1. The summed E-state index contributed by atoms with van der Waals surface area (Å²) in [5, 5.41) is 3.58. The molecule has 1 fully saturated rings. The summed E-state index contributed by atoms with van der Waals surface area (Å²) in [5.41, 5.74) is 1.82. The van der Waals surface area contributed by atoms with Gasteiger partial charge >= 0.3 is 0 Å². The Hall–Kier alpha value is -1.02. The molecule has 0 amide bonds. The van der Waals surface area contributed by atoms with Gasteiger partial charge < -0.3 is 10.2 Å². The average Bonchev–Trinajstić information content (AvgIpc) is 2.94. The molecule has 0 aromatic heterocycles. The van der Waals surface area contributed by atoms with Crippen LogP contribution in [0.15, 0.2) is 30.3 Å². The molecule has 1 N–H and O–H groups in total. The number of para-hydroxylation sites is 1. The first-order valence-electron chi connectivity index (χ1n) is 8.18. The molecule has 1 unspecified atom stereocenters. The van der Waals surface area contributed by atoms with E-state index >= 15 is 0 Å². The molecule has 2 heteroatoms. The van der Waals surface area contributed by atoms with Gasteiger partial charge in [0.1, 0.15) is 0 Å². The number of nitrogens with one attached hydrogen (secondary N) is 1. The predicted octanol–water partition coefficient (Wildman–Crippen LogP) is 3.93. The van der Waals surface area contributed by atoms with Crippen molar-refractivity contribution in [1.82, 2.24) is 5.32 Å². The van der Waals surface area contributed by atoms with Gasteiger partial charge in [-0.15, -0.1) is 0 Å². The quantitative estimate of drug-likeness (QED) is 0.810. The minimum Gasteiger partial charge on any atom is -0.371 e. The molecule has 0 saturated carbocycles. The molecule has 1 heterocycles. The molecule has 1 aliphatic heterocycles. The van der Waals surface area contributed by atoms with Crippen LogP contribution in [0.2, 0.25) is 0 Å². The van der Waals surface area contributed by atoms with Crippen LogP contribution >= 0.6 is 0 Å². The van der Waals surface area contributed by atoms with Crippen LogP contribution < -0.4 is 10.2 Å². The summed E-state index contributed by atoms with van der Waals surface area (Å²) in [6.07, 6.45) is 3.84. The van der Waals surface area contributed by atoms with Gasteiger partial charge in [0.15, 0.2) is 0 Å².